The summed E-state index contributed by atoms with van der Waals surface area (Å²) in [5, 5.41) is 8.71. The van der Waals surface area contributed by atoms with Crippen molar-refractivity contribution < 1.29 is 14.6 Å². The molecule has 3 heteroatoms. The molecule has 0 aliphatic carbocycles. The fourth-order valence-electron chi connectivity index (χ4n) is 1.55. The van der Waals surface area contributed by atoms with Crippen molar-refractivity contribution in [2.75, 3.05) is 6.61 Å². The van der Waals surface area contributed by atoms with E-state index in [-0.39, 0.29) is 11.8 Å². The van der Waals surface area contributed by atoms with Crippen LogP contribution < -0.4 is 0 Å². The quantitative estimate of drug-likeness (QED) is 0.731. The maximum atomic E-state index is 10.6. The van der Waals surface area contributed by atoms with Crippen molar-refractivity contribution in [2.45, 2.75) is 33.1 Å². The summed E-state index contributed by atoms with van der Waals surface area (Å²) < 4.78 is 5.20. The van der Waals surface area contributed by atoms with E-state index in [1.165, 1.54) is 0 Å². The Kier molecular flexibility index (Phi) is 2.96. The summed E-state index contributed by atoms with van der Waals surface area (Å²) in [7, 11) is 0. The Labute approximate surface area is 78.4 Å². The van der Waals surface area contributed by atoms with Gasteiger partial charge in [0.15, 0.2) is 0 Å². The van der Waals surface area contributed by atoms with E-state index in [1.54, 1.807) is 6.26 Å². The number of allylic oxidation sites excluding steroid dienone is 1. The third-order valence-corrected chi connectivity index (χ3v) is 2.40. The lowest BCUT2D eigenvalue weighted by Crippen LogP contribution is -2.21. The first-order valence-electron chi connectivity index (χ1n) is 4.55. The maximum absolute atomic E-state index is 10.6. The molecule has 1 heterocycles. The van der Waals surface area contributed by atoms with Crippen molar-refractivity contribution in [3.63, 3.8) is 0 Å². The van der Waals surface area contributed by atoms with Crippen molar-refractivity contribution in [3.8, 4) is 0 Å². The molecule has 0 saturated heterocycles. The van der Waals surface area contributed by atoms with Gasteiger partial charge in [0.1, 0.15) is 0 Å². The molecule has 0 saturated carbocycles. The highest BCUT2D eigenvalue weighted by atomic mass is 16.5. The van der Waals surface area contributed by atoms with Crippen LogP contribution >= 0.6 is 0 Å². The lowest BCUT2D eigenvalue weighted by molar-refractivity contribution is -0.138. The lowest BCUT2D eigenvalue weighted by atomic mass is 9.79. The molecule has 74 valence electrons. The molecule has 13 heavy (non-hydrogen) atoms. The van der Waals surface area contributed by atoms with Crippen LogP contribution in [-0.4, -0.2) is 17.7 Å². The van der Waals surface area contributed by atoms with Crippen LogP contribution in [0.4, 0.5) is 0 Å². The summed E-state index contributed by atoms with van der Waals surface area (Å²) >= 11 is 0. The molecule has 0 fully saturated rings. The molecular formula is C10H16O3. The number of carboxylic acid groups (broad SMARTS) is 1. The Morgan fingerprint density at radius 3 is 2.85 bits per heavy atom. The highest BCUT2D eigenvalue weighted by molar-refractivity contribution is 5.68. The average molecular weight is 184 g/mol. The minimum Gasteiger partial charge on any atom is -0.501 e. The molecule has 0 bridgehead atoms. The monoisotopic (exact) mass is 184 g/mol. The summed E-state index contributed by atoms with van der Waals surface area (Å²) in [5.41, 5.74) is 0.841. The van der Waals surface area contributed by atoms with E-state index in [9.17, 15) is 4.79 Å². The summed E-state index contributed by atoms with van der Waals surface area (Å²) in [5.74, 6) is -0.753. The van der Waals surface area contributed by atoms with Gasteiger partial charge in [0.05, 0.1) is 19.3 Å². The topological polar surface area (TPSA) is 46.5 Å². The zero-order valence-corrected chi connectivity index (χ0v) is 8.17. The largest absolute Gasteiger partial charge is 0.501 e. The first-order valence-corrected chi connectivity index (χ1v) is 4.55. The second kappa shape index (κ2) is 3.81. The molecule has 0 spiro atoms. The second-order valence-electron chi connectivity index (χ2n) is 4.07. The van der Waals surface area contributed by atoms with Crippen LogP contribution in [0, 0.1) is 5.41 Å². The van der Waals surface area contributed by atoms with Gasteiger partial charge in [0.25, 0.3) is 0 Å². The third-order valence-electron chi connectivity index (χ3n) is 2.40. The molecular weight excluding hydrogens is 168 g/mol. The van der Waals surface area contributed by atoms with Crippen molar-refractivity contribution in [3.05, 3.63) is 11.8 Å². The zero-order chi connectivity index (χ0) is 9.90. The van der Waals surface area contributed by atoms with E-state index in [0.29, 0.717) is 0 Å². The molecule has 0 radical (unpaired) electrons. The average Bonchev–Trinajstić information content (AvgIpc) is 2.04. The maximum Gasteiger partial charge on any atom is 0.304 e. The van der Waals surface area contributed by atoms with Gasteiger partial charge in [-0.15, -0.1) is 0 Å². The molecule has 1 N–H and O–H groups in total. The summed E-state index contributed by atoms with van der Waals surface area (Å²) in [6, 6.07) is 0. The Hall–Kier alpha value is -0.990. The van der Waals surface area contributed by atoms with Crippen LogP contribution in [-0.2, 0) is 9.53 Å². The van der Waals surface area contributed by atoms with Gasteiger partial charge in [-0.05, 0) is 23.8 Å². The molecule has 0 amide bonds. The van der Waals surface area contributed by atoms with E-state index in [2.05, 4.69) is 0 Å². The van der Waals surface area contributed by atoms with E-state index >= 15 is 0 Å². The first kappa shape index (κ1) is 10.1. The molecule has 0 unspecified atom stereocenters. The van der Waals surface area contributed by atoms with Gasteiger partial charge in [-0.1, -0.05) is 13.8 Å². The van der Waals surface area contributed by atoms with E-state index in [1.807, 2.05) is 13.8 Å². The molecule has 0 aromatic heterocycles. The van der Waals surface area contributed by atoms with Crippen LogP contribution in [0.2, 0.25) is 0 Å². The van der Waals surface area contributed by atoms with Crippen LogP contribution in [0.3, 0.4) is 0 Å². The van der Waals surface area contributed by atoms with Crippen LogP contribution in [0.5, 0.6) is 0 Å². The Balaban J connectivity index is 2.66. The van der Waals surface area contributed by atoms with Gasteiger partial charge in [-0.3, -0.25) is 4.79 Å². The molecule has 3 nitrogen and oxygen atoms in total. The minimum absolute atomic E-state index is 0.169. The van der Waals surface area contributed by atoms with Gasteiger partial charge < -0.3 is 9.84 Å². The number of carbonyl (C=O) groups is 1. The Morgan fingerprint density at radius 2 is 2.38 bits per heavy atom. The number of hydrogen-bond acceptors (Lipinski definition) is 2. The molecule has 1 rings (SSSR count). The van der Waals surface area contributed by atoms with Gasteiger partial charge in [0.2, 0.25) is 0 Å². The number of carboxylic acids is 1. The van der Waals surface area contributed by atoms with Crippen LogP contribution in [0.15, 0.2) is 11.8 Å². The fourth-order valence-corrected chi connectivity index (χ4v) is 1.55. The summed E-state index contributed by atoms with van der Waals surface area (Å²) in [6.45, 7) is 4.65. The molecule has 1 aliphatic heterocycles. The van der Waals surface area contributed by atoms with Crippen LogP contribution in [0.1, 0.15) is 33.1 Å². The lowest BCUT2D eigenvalue weighted by Gasteiger charge is -2.28. The molecule has 1 aliphatic rings. The minimum atomic E-state index is -0.753. The number of hydrogen-bond donors (Lipinski definition) is 1. The normalized spacial score (nSPS) is 17.5. The molecule has 0 aromatic carbocycles. The number of ether oxygens (including phenoxy) is 1. The standard InChI is InChI=1S/C10H16O3/c1-10(2,6-9(11)12)8-4-3-5-13-7-8/h7H,3-6H2,1-2H3,(H,11,12). The van der Waals surface area contributed by atoms with E-state index < -0.39 is 5.97 Å². The second-order valence-corrected chi connectivity index (χ2v) is 4.07. The fraction of sp³-hybridized carbons (Fsp3) is 0.700. The number of aliphatic carboxylic acids is 1. The highest BCUT2D eigenvalue weighted by Crippen LogP contribution is 2.34. The summed E-state index contributed by atoms with van der Waals surface area (Å²) in [6.07, 6.45) is 3.85. The number of rotatable bonds is 3. The van der Waals surface area contributed by atoms with Gasteiger partial charge >= 0.3 is 5.97 Å². The molecule has 0 aromatic rings. The first-order chi connectivity index (χ1) is 6.02. The van der Waals surface area contributed by atoms with Crippen molar-refractivity contribution in [1.29, 1.82) is 0 Å². The zero-order valence-electron chi connectivity index (χ0n) is 8.17. The SMILES string of the molecule is CC(C)(CC(=O)O)C1=COCCC1. The third kappa shape index (κ3) is 2.76. The summed E-state index contributed by atoms with van der Waals surface area (Å²) in [4.78, 5) is 10.6. The smallest absolute Gasteiger partial charge is 0.304 e. The van der Waals surface area contributed by atoms with Crippen molar-refractivity contribution in [2.24, 2.45) is 5.41 Å². The Morgan fingerprint density at radius 1 is 1.69 bits per heavy atom. The van der Waals surface area contributed by atoms with Gasteiger partial charge in [-0.25, -0.2) is 0 Å². The van der Waals surface area contributed by atoms with Gasteiger partial charge in [0, 0.05) is 0 Å². The predicted molar refractivity (Wildman–Crippen MR) is 49.3 cm³/mol. The molecule has 0 atom stereocenters. The Bertz CT molecular complexity index is 228. The highest BCUT2D eigenvalue weighted by Gasteiger charge is 2.27. The van der Waals surface area contributed by atoms with E-state index in [4.69, 9.17) is 9.84 Å². The van der Waals surface area contributed by atoms with Gasteiger partial charge in [-0.2, -0.15) is 0 Å². The predicted octanol–water partition coefficient (Wildman–Crippen LogP) is 2.18. The van der Waals surface area contributed by atoms with E-state index in [0.717, 1.165) is 25.0 Å². The van der Waals surface area contributed by atoms with Crippen molar-refractivity contribution in [1.82, 2.24) is 0 Å². The van der Waals surface area contributed by atoms with Crippen LogP contribution in [0.25, 0.3) is 0 Å². The van der Waals surface area contributed by atoms with Crippen molar-refractivity contribution >= 4 is 5.97 Å².